The number of likely N-dealkylation sites (N-methyl/N-ethyl adjacent to an activating group) is 1. The number of carbonyl (C=O) groups excluding carboxylic acids is 2. The highest BCUT2D eigenvalue weighted by atomic mass is 16.7. The summed E-state index contributed by atoms with van der Waals surface area (Å²) in [7, 11) is 1.52. The SMILES string of the molecule is CNC(=O)[C@@H]1CCON1C(=O)OC(C)(C)C. The van der Waals surface area contributed by atoms with Crippen molar-refractivity contribution in [1.29, 1.82) is 0 Å². The highest BCUT2D eigenvalue weighted by molar-refractivity contribution is 5.85. The number of ether oxygens (including phenoxy) is 1. The lowest BCUT2D eigenvalue weighted by molar-refractivity contribution is -0.146. The lowest BCUT2D eigenvalue weighted by Crippen LogP contribution is -2.46. The van der Waals surface area contributed by atoms with Crippen LogP contribution in [0.1, 0.15) is 27.2 Å². The Morgan fingerprint density at radius 3 is 2.56 bits per heavy atom. The zero-order valence-corrected chi connectivity index (χ0v) is 10.1. The van der Waals surface area contributed by atoms with Gasteiger partial charge in [-0.25, -0.2) is 4.79 Å². The second kappa shape index (κ2) is 4.69. The highest BCUT2D eigenvalue weighted by Crippen LogP contribution is 2.19. The van der Waals surface area contributed by atoms with E-state index in [0.717, 1.165) is 5.06 Å². The van der Waals surface area contributed by atoms with Gasteiger partial charge in [0.25, 0.3) is 0 Å². The number of hydrogen-bond donors (Lipinski definition) is 1. The van der Waals surface area contributed by atoms with Crippen LogP contribution in [0.3, 0.4) is 0 Å². The fourth-order valence-electron chi connectivity index (χ4n) is 1.36. The van der Waals surface area contributed by atoms with Crippen LogP contribution in [0.25, 0.3) is 0 Å². The Morgan fingerprint density at radius 1 is 1.44 bits per heavy atom. The highest BCUT2D eigenvalue weighted by Gasteiger charge is 2.37. The van der Waals surface area contributed by atoms with Crippen LogP contribution >= 0.6 is 0 Å². The van der Waals surface area contributed by atoms with Gasteiger partial charge in [0.05, 0.1) is 6.61 Å². The fraction of sp³-hybridized carbons (Fsp3) is 0.800. The standard InChI is InChI=1S/C10H18N2O4/c1-10(2,3)16-9(14)12-7(5-6-15-12)8(13)11-4/h7H,5-6H2,1-4H3,(H,11,13)/t7-/m0/s1. The van der Waals surface area contributed by atoms with Gasteiger partial charge in [-0.2, -0.15) is 5.06 Å². The number of hydrogen-bond acceptors (Lipinski definition) is 4. The lowest BCUT2D eigenvalue weighted by atomic mass is 10.2. The minimum absolute atomic E-state index is 0.247. The molecular formula is C10H18N2O4. The Hall–Kier alpha value is -1.30. The Kier molecular flexibility index (Phi) is 3.74. The van der Waals surface area contributed by atoms with Gasteiger partial charge in [0.2, 0.25) is 5.91 Å². The van der Waals surface area contributed by atoms with E-state index < -0.39 is 17.7 Å². The number of nitrogens with one attached hydrogen (secondary N) is 1. The average Bonchev–Trinajstić information content (AvgIpc) is 2.62. The topological polar surface area (TPSA) is 67.9 Å². The van der Waals surface area contributed by atoms with E-state index in [0.29, 0.717) is 13.0 Å². The second-order valence-corrected chi connectivity index (χ2v) is 4.56. The van der Waals surface area contributed by atoms with E-state index in [4.69, 9.17) is 9.57 Å². The average molecular weight is 230 g/mol. The number of rotatable bonds is 1. The van der Waals surface area contributed by atoms with Gasteiger partial charge in [-0.15, -0.1) is 0 Å². The molecule has 1 heterocycles. The first kappa shape index (κ1) is 12.8. The van der Waals surface area contributed by atoms with E-state index in [9.17, 15) is 9.59 Å². The van der Waals surface area contributed by atoms with Crippen LogP contribution in [-0.4, -0.2) is 42.4 Å². The molecule has 1 N–H and O–H groups in total. The molecule has 0 spiro atoms. The minimum Gasteiger partial charge on any atom is -0.442 e. The molecule has 16 heavy (non-hydrogen) atoms. The number of hydroxylamine groups is 2. The van der Waals surface area contributed by atoms with Crippen molar-refractivity contribution in [1.82, 2.24) is 10.4 Å². The third-order valence-corrected chi connectivity index (χ3v) is 2.03. The molecule has 0 aromatic carbocycles. The van der Waals surface area contributed by atoms with E-state index in [2.05, 4.69) is 5.32 Å². The zero-order chi connectivity index (χ0) is 12.3. The Balaban J connectivity index is 2.65. The number of nitrogens with zero attached hydrogens (tertiary/aromatic N) is 1. The van der Waals surface area contributed by atoms with E-state index >= 15 is 0 Å². The summed E-state index contributed by atoms with van der Waals surface area (Å²) < 4.78 is 5.13. The van der Waals surface area contributed by atoms with Gasteiger partial charge in [0, 0.05) is 13.5 Å². The smallest absolute Gasteiger partial charge is 0.435 e. The van der Waals surface area contributed by atoms with E-state index in [1.54, 1.807) is 20.8 Å². The second-order valence-electron chi connectivity index (χ2n) is 4.56. The normalized spacial score (nSPS) is 20.8. The van der Waals surface area contributed by atoms with Crippen molar-refractivity contribution in [3.63, 3.8) is 0 Å². The van der Waals surface area contributed by atoms with Crippen molar-refractivity contribution in [2.24, 2.45) is 0 Å². The van der Waals surface area contributed by atoms with Gasteiger partial charge in [0.1, 0.15) is 11.6 Å². The molecular weight excluding hydrogens is 212 g/mol. The Morgan fingerprint density at radius 2 is 2.06 bits per heavy atom. The van der Waals surface area contributed by atoms with E-state index in [1.165, 1.54) is 7.05 Å². The molecule has 6 nitrogen and oxygen atoms in total. The van der Waals surface area contributed by atoms with Gasteiger partial charge in [-0.1, -0.05) is 0 Å². The Bertz CT molecular complexity index is 285. The molecule has 2 amide bonds. The molecule has 1 aliphatic rings. The molecule has 0 aliphatic carbocycles. The molecule has 92 valence electrons. The molecule has 1 atom stereocenters. The number of amides is 2. The van der Waals surface area contributed by atoms with Gasteiger partial charge in [-0.3, -0.25) is 9.63 Å². The third kappa shape index (κ3) is 3.10. The number of carbonyl (C=O) groups is 2. The largest absolute Gasteiger partial charge is 0.442 e. The first-order chi connectivity index (χ1) is 7.35. The maximum atomic E-state index is 11.7. The summed E-state index contributed by atoms with van der Waals surface area (Å²) in [5.74, 6) is -0.247. The molecule has 0 radical (unpaired) electrons. The molecule has 0 aromatic heterocycles. The van der Waals surface area contributed by atoms with Crippen LogP contribution < -0.4 is 5.32 Å². The van der Waals surface area contributed by atoms with Crippen LogP contribution in [0.15, 0.2) is 0 Å². The van der Waals surface area contributed by atoms with Crippen molar-refractivity contribution in [2.75, 3.05) is 13.7 Å². The van der Waals surface area contributed by atoms with Crippen LogP contribution in [0, 0.1) is 0 Å². The van der Waals surface area contributed by atoms with Crippen LogP contribution in [0.2, 0.25) is 0 Å². The van der Waals surface area contributed by atoms with Gasteiger partial charge >= 0.3 is 6.09 Å². The molecule has 6 heteroatoms. The van der Waals surface area contributed by atoms with Crippen molar-refractivity contribution in [2.45, 2.75) is 38.8 Å². The fourth-order valence-corrected chi connectivity index (χ4v) is 1.36. The van der Waals surface area contributed by atoms with E-state index in [-0.39, 0.29) is 5.91 Å². The molecule has 1 rings (SSSR count). The van der Waals surface area contributed by atoms with Gasteiger partial charge in [0.15, 0.2) is 0 Å². The first-order valence-electron chi connectivity index (χ1n) is 5.22. The van der Waals surface area contributed by atoms with Crippen LogP contribution in [0.4, 0.5) is 4.79 Å². The zero-order valence-electron chi connectivity index (χ0n) is 10.1. The maximum absolute atomic E-state index is 11.7. The van der Waals surface area contributed by atoms with Crippen LogP contribution in [-0.2, 0) is 14.4 Å². The molecule has 1 saturated heterocycles. The van der Waals surface area contributed by atoms with Crippen molar-refractivity contribution in [3.8, 4) is 0 Å². The summed E-state index contributed by atoms with van der Waals surface area (Å²) in [6, 6.07) is -0.597. The van der Waals surface area contributed by atoms with Gasteiger partial charge in [-0.05, 0) is 20.8 Å². The Labute approximate surface area is 94.8 Å². The van der Waals surface area contributed by atoms with Crippen molar-refractivity contribution < 1.29 is 19.2 Å². The predicted molar refractivity (Wildman–Crippen MR) is 56.5 cm³/mol. The van der Waals surface area contributed by atoms with E-state index in [1.807, 2.05) is 0 Å². The minimum atomic E-state index is -0.626. The maximum Gasteiger partial charge on any atom is 0.435 e. The monoisotopic (exact) mass is 230 g/mol. The quantitative estimate of drug-likeness (QED) is 0.719. The summed E-state index contributed by atoms with van der Waals surface area (Å²) in [5.41, 5.74) is -0.601. The summed E-state index contributed by atoms with van der Waals surface area (Å²) in [6.07, 6.45) is -0.141. The lowest BCUT2D eigenvalue weighted by Gasteiger charge is -2.26. The van der Waals surface area contributed by atoms with Crippen molar-refractivity contribution in [3.05, 3.63) is 0 Å². The van der Waals surface area contributed by atoms with Crippen molar-refractivity contribution >= 4 is 12.0 Å². The predicted octanol–water partition coefficient (Wildman–Crippen LogP) is 0.673. The summed E-state index contributed by atoms with van der Waals surface area (Å²) in [4.78, 5) is 28.2. The third-order valence-electron chi connectivity index (χ3n) is 2.03. The molecule has 1 fully saturated rings. The molecule has 0 unspecified atom stereocenters. The first-order valence-corrected chi connectivity index (χ1v) is 5.22. The van der Waals surface area contributed by atoms with Crippen LogP contribution in [0.5, 0.6) is 0 Å². The summed E-state index contributed by atoms with van der Waals surface area (Å²) >= 11 is 0. The molecule has 0 bridgehead atoms. The molecule has 0 saturated carbocycles. The summed E-state index contributed by atoms with van der Waals surface area (Å²) in [5, 5.41) is 3.49. The summed E-state index contributed by atoms with van der Waals surface area (Å²) in [6.45, 7) is 5.62. The molecule has 1 aliphatic heterocycles. The molecule has 0 aromatic rings. The van der Waals surface area contributed by atoms with Gasteiger partial charge < -0.3 is 10.1 Å².